The fourth-order valence-corrected chi connectivity index (χ4v) is 2.09. The minimum Gasteiger partial charge on any atom is -0.316 e. The highest BCUT2D eigenvalue weighted by molar-refractivity contribution is 5.43. The van der Waals surface area contributed by atoms with E-state index in [9.17, 15) is 4.39 Å². The van der Waals surface area contributed by atoms with Crippen LogP contribution in [0.15, 0.2) is 30.6 Å². The summed E-state index contributed by atoms with van der Waals surface area (Å²) in [7, 11) is 1.82. The number of benzene rings is 1. The molecule has 1 aromatic carbocycles. The molecule has 0 radical (unpaired) electrons. The van der Waals surface area contributed by atoms with Crippen LogP contribution in [0.4, 0.5) is 4.39 Å². The van der Waals surface area contributed by atoms with Crippen molar-refractivity contribution in [1.82, 2.24) is 14.9 Å². The van der Waals surface area contributed by atoms with Crippen LogP contribution in [-0.2, 0) is 13.0 Å². The SMILES string of the molecule is CCCc1nccn1-c1cccc(F)c1CNC. The van der Waals surface area contributed by atoms with Gasteiger partial charge in [0, 0.05) is 30.9 Å². The molecule has 18 heavy (non-hydrogen) atoms. The van der Waals surface area contributed by atoms with Gasteiger partial charge in [-0.25, -0.2) is 9.37 Å². The number of rotatable bonds is 5. The van der Waals surface area contributed by atoms with Crippen molar-refractivity contribution >= 4 is 0 Å². The van der Waals surface area contributed by atoms with Crippen molar-refractivity contribution in [2.24, 2.45) is 0 Å². The fraction of sp³-hybridized carbons (Fsp3) is 0.357. The predicted octanol–water partition coefficient (Wildman–Crippen LogP) is 2.68. The van der Waals surface area contributed by atoms with E-state index in [2.05, 4.69) is 17.2 Å². The van der Waals surface area contributed by atoms with Gasteiger partial charge in [0.25, 0.3) is 0 Å². The molecule has 0 spiro atoms. The molecule has 1 heterocycles. The number of hydrogen-bond acceptors (Lipinski definition) is 2. The Hall–Kier alpha value is -1.68. The Morgan fingerprint density at radius 2 is 2.22 bits per heavy atom. The van der Waals surface area contributed by atoms with E-state index in [-0.39, 0.29) is 5.82 Å². The number of nitrogens with zero attached hydrogens (tertiary/aromatic N) is 2. The second-order valence-electron chi connectivity index (χ2n) is 4.23. The summed E-state index contributed by atoms with van der Waals surface area (Å²) in [5.74, 6) is 0.790. The zero-order valence-electron chi connectivity index (χ0n) is 10.8. The van der Waals surface area contributed by atoms with Gasteiger partial charge in [0.2, 0.25) is 0 Å². The average molecular weight is 247 g/mol. The molecule has 0 aliphatic heterocycles. The van der Waals surface area contributed by atoms with Gasteiger partial charge in [-0.1, -0.05) is 13.0 Å². The maximum Gasteiger partial charge on any atom is 0.129 e. The van der Waals surface area contributed by atoms with Crippen LogP contribution in [0, 0.1) is 5.82 Å². The largest absolute Gasteiger partial charge is 0.316 e. The van der Waals surface area contributed by atoms with Gasteiger partial charge in [0.1, 0.15) is 11.6 Å². The zero-order valence-corrected chi connectivity index (χ0v) is 10.8. The number of aryl methyl sites for hydroxylation is 1. The molecule has 0 atom stereocenters. The summed E-state index contributed by atoms with van der Waals surface area (Å²) in [5, 5.41) is 3.00. The maximum absolute atomic E-state index is 13.9. The summed E-state index contributed by atoms with van der Waals surface area (Å²) in [6.45, 7) is 2.62. The monoisotopic (exact) mass is 247 g/mol. The molecule has 2 aromatic rings. The maximum atomic E-state index is 13.9. The van der Waals surface area contributed by atoms with Crippen LogP contribution in [0.25, 0.3) is 5.69 Å². The summed E-state index contributed by atoms with van der Waals surface area (Å²) < 4.78 is 15.8. The molecule has 1 aromatic heterocycles. The first-order valence-electron chi connectivity index (χ1n) is 6.22. The Labute approximate surface area is 107 Å². The highest BCUT2D eigenvalue weighted by atomic mass is 19.1. The number of aromatic nitrogens is 2. The van der Waals surface area contributed by atoms with Gasteiger partial charge in [0.15, 0.2) is 0 Å². The van der Waals surface area contributed by atoms with E-state index in [0.29, 0.717) is 12.1 Å². The summed E-state index contributed by atoms with van der Waals surface area (Å²) >= 11 is 0. The third-order valence-electron chi connectivity index (χ3n) is 2.90. The van der Waals surface area contributed by atoms with E-state index < -0.39 is 0 Å². The average Bonchev–Trinajstić information content (AvgIpc) is 2.81. The lowest BCUT2D eigenvalue weighted by molar-refractivity contribution is 0.597. The van der Waals surface area contributed by atoms with Gasteiger partial charge in [-0.3, -0.25) is 0 Å². The van der Waals surface area contributed by atoms with E-state index in [1.165, 1.54) is 6.07 Å². The molecule has 0 amide bonds. The highest BCUT2D eigenvalue weighted by Gasteiger charge is 2.11. The van der Waals surface area contributed by atoms with Crippen LogP contribution < -0.4 is 5.32 Å². The lowest BCUT2D eigenvalue weighted by atomic mass is 10.1. The molecule has 0 fully saturated rings. The molecule has 0 unspecified atom stereocenters. The second kappa shape index (κ2) is 5.78. The van der Waals surface area contributed by atoms with E-state index in [4.69, 9.17) is 0 Å². The van der Waals surface area contributed by atoms with E-state index >= 15 is 0 Å². The third kappa shape index (κ3) is 2.43. The van der Waals surface area contributed by atoms with Crippen molar-refractivity contribution in [3.8, 4) is 5.69 Å². The molecular weight excluding hydrogens is 229 g/mol. The standard InChI is InChI=1S/C14H18FN3/c1-3-5-14-17-8-9-18(14)13-7-4-6-12(15)11(13)10-16-2/h4,6-9,16H,3,5,10H2,1-2H3. The smallest absolute Gasteiger partial charge is 0.129 e. The van der Waals surface area contributed by atoms with Crippen LogP contribution in [-0.4, -0.2) is 16.6 Å². The number of hydrogen-bond donors (Lipinski definition) is 1. The molecule has 1 N–H and O–H groups in total. The Bertz CT molecular complexity index is 520. The minimum atomic E-state index is -0.182. The highest BCUT2D eigenvalue weighted by Crippen LogP contribution is 2.20. The minimum absolute atomic E-state index is 0.182. The van der Waals surface area contributed by atoms with Crippen LogP contribution in [0.3, 0.4) is 0 Å². The Morgan fingerprint density at radius 1 is 1.39 bits per heavy atom. The van der Waals surface area contributed by atoms with E-state index in [1.807, 2.05) is 23.9 Å². The van der Waals surface area contributed by atoms with Gasteiger partial charge in [-0.15, -0.1) is 0 Å². The summed E-state index contributed by atoms with van der Waals surface area (Å²) in [4.78, 5) is 4.33. The third-order valence-corrected chi connectivity index (χ3v) is 2.90. The normalized spacial score (nSPS) is 10.8. The molecular formula is C14H18FN3. The van der Waals surface area contributed by atoms with Gasteiger partial charge in [-0.2, -0.15) is 0 Å². The Morgan fingerprint density at radius 3 is 2.94 bits per heavy atom. The van der Waals surface area contributed by atoms with Crippen molar-refractivity contribution < 1.29 is 4.39 Å². The number of nitrogens with one attached hydrogen (secondary N) is 1. The number of halogens is 1. The molecule has 0 saturated carbocycles. The summed E-state index contributed by atoms with van der Waals surface area (Å²) in [5.41, 5.74) is 1.54. The quantitative estimate of drug-likeness (QED) is 0.880. The van der Waals surface area contributed by atoms with Crippen molar-refractivity contribution in [1.29, 1.82) is 0 Å². The van der Waals surface area contributed by atoms with Crippen molar-refractivity contribution in [3.05, 3.63) is 47.8 Å². The zero-order chi connectivity index (χ0) is 13.0. The molecule has 0 saturated heterocycles. The first-order chi connectivity index (χ1) is 8.77. The van der Waals surface area contributed by atoms with Gasteiger partial charge in [-0.05, 0) is 25.6 Å². The lowest BCUT2D eigenvalue weighted by Gasteiger charge is -2.13. The molecule has 0 aliphatic rings. The molecule has 0 bridgehead atoms. The van der Waals surface area contributed by atoms with Crippen LogP contribution in [0.2, 0.25) is 0 Å². The van der Waals surface area contributed by atoms with E-state index in [1.54, 1.807) is 12.3 Å². The summed E-state index contributed by atoms with van der Waals surface area (Å²) in [6.07, 6.45) is 5.56. The van der Waals surface area contributed by atoms with Crippen LogP contribution in [0.5, 0.6) is 0 Å². The van der Waals surface area contributed by atoms with Crippen LogP contribution >= 0.6 is 0 Å². The first-order valence-corrected chi connectivity index (χ1v) is 6.22. The van der Waals surface area contributed by atoms with Crippen LogP contribution in [0.1, 0.15) is 24.7 Å². The molecule has 2 rings (SSSR count). The van der Waals surface area contributed by atoms with Gasteiger partial charge < -0.3 is 9.88 Å². The molecule has 0 aliphatic carbocycles. The van der Waals surface area contributed by atoms with Gasteiger partial charge in [0.05, 0.1) is 5.69 Å². The molecule has 96 valence electrons. The summed E-state index contributed by atoms with van der Waals surface area (Å²) in [6, 6.07) is 5.16. The van der Waals surface area contributed by atoms with Gasteiger partial charge >= 0.3 is 0 Å². The molecule has 4 heteroatoms. The number of imidazole rings is 1. The fourth-order valence-electron chi connectivity index (χ4n) is 2.09. The second-order valence-corrected chi connectivity index (χ2v) is 4.23. The Balaban J connectivity index is 2.49. The first kappa shape index (κ1) is 12.8. The Kier molecular flexibility index (Phi) is 4.10. The van der Waals surface area contributed by atoms with Crippen molar-refractivity contribution in [3.63, 3.8) is 0 Å². The van der Waals surface area contributed by atoms with Crippen molar-refractivity contribution in [2.45, 2.75) is 26.3 Å². The van der Waals surface area contributed by atoms with E-state index in [0.717, 1.165) is 24.4 Å². The van der Waals surface area contributed by atoms with Crippen molar-refractivity contribution in [2.75, 3.05) is 7.05 Å². The lowest BCUT2D eigenvalue weighted by Crippen LogP contribution is -2.12. The predicted molar refractivity (Wildman–Crippen MR) is 70.3 cm³/mol. The molecule has 3 nitrogen and oxygen atoms in total. The topological polar surface area (TPSA) is 29.9 Å².